The van der Waals surface area contributed by atoms with E-state index in [0.29, 0.717) is 12.4 Å². The number of alkyl halides is 6. The van der Waals surface area contributed by atoms with E-state index >= 15 is 0 Å². The molecular formula is C17H16F6N4O2. The van der Waals surface area contributed by atoms with Gasteiger partial charge in [0.05, 0.1) is 6.54 Å². The molecule has 3 aromatic rings. The Kier molecular flexibility index (Phi) is 6.90. The molecule has 0 spiro atoms. The average molecular weight is 422 g/mol. The quantitative estimate of drug-likeness (QED) is 0.546. The molecule has 0 aliphatic carbocycles. The van der Waals surface area contributed by atoms with Crippen molar-refractivity contribution in [1.82, 2.24) is 19.9 Å². The number of imidazole rings is 1. The highest BCUT2D eigenvalue weighted by molar-refractivity contribution is 5.82. The van der Waals surface area contributed by atoms with E-state index in [1.807, 2.05) is 30.5 Å². The summed E-state index contributed by atoms with van der Waals surface area (Å²) in [5.74, 6) is -2.39. The predicted molar refractivity (Wildman–Crippen MR) is 90.8 cm³/mol. The molecule has 1 aromatic carbocycles. The van der Waals surface area contributed by atoms with Crippen LogP contribution in [0.1, 0.15) is 11.4 Å². The number of nitrogens with zero attached hydrogens (tertiary/aromatic N) is 2. The van der Waals surface area contributed by atoms with Gasteiger partial charge in [-0.25, -0.2) is 9.78 Å². The Morgan fingerprint density at radius 2 is 1.83 bits per heavy atom. The molecule has 0 saturated heterocycles. The summed E-state index contributed by atoms with van der Waals surface area (Å²) >= 11 is 0. The first-order valence-electron chi connectivity index (χ1n) is 8.10. The van der Waals surface area contributed by atoms with Crippen molar-refractivity contribution in [3.05, 3.63) is 54.2 Å². The zero-order chi connectivity index (χ0) is 21.7. The molecular weight excluding hydrogens is 406 g/mol. The number of rotatable bonds is 5. The van der Waals surface area contributed by atoms with E-state index in [9.17, 15) is 26.3 Å². The summed E-state index contributed by atoms with van der Waals surface area (Å²) in [6.07, 6.45) is -4.74. The van der Waals surface area contributed by atoms with Gasteiger partial charge < -0.3 is 20.0 Å². The first-order chi connectivity index (χ1) is 13.5. The molecule has 29 heavy (non-hydrogen) atoms. The van der Waals surface area contributed by atoms with Gasteiger partial charge in [-0.3, -0.25) is 0 Å². The van der Waals surface area contributed by atoms with Gasteiger partial charge in [-0.1, -0.05) is 18.2 Å². The first kappa shape index (κ1) is 22.3. The van der Waals surface area contributed by atoms with Crippen molar-refractivity contribution in [2.75, 3.05) is 0 Å². The molecule has 6 nitrogen and oxygen atoms in total. The smallest absolute Gasteiger partial charge is 0.475 e. The number of fused-ring (bicyclic) bond motifs is 1. The summed E-state index contributed by atoms with van der Waals surface area (Å²) in [6, 6.07) is 7.92. The van der Waals surface area contributed by atoms with E-state index in [1.54, 1.807) is 0 Å². The van der Waals surface area contributed by atoms with Crippen molar-refractivity contribution in [3.8, 4) is 0 Å². The molecule has 12 heteroatoms. The molecule has 0 radical (unpaired) electrons. The number of para-hydroxylation sites is 1. The summed E-state index contributed by atoms with van der Waals surface area (Å²) < 4.78 is 70.2. The number of carboxylic acids is 1. The van der Waals surface area contributed by atoms with Gasteiger partial charge in [0.15, 0.2) is 0 Å². The van der Waals surface area contributed by atoms with Crippen LogP contribution >= 0.6 is 0 Å². The van der Waals surface area contributed by atoms with Crippen LogP contribution in [0.25, 0.3) is 10.9 Å². The van der Waals surface area contributed by atoms with E-state index in [4.69, 9.17) is 9.90 Å². The fourth-order valence-corrected chi connectivity index (χ4v) is 2.45. The lowest BCUT2D eigenvalue weighted by Crippen LogP contribution is -2.22. The molecule has 0 aliphatic heterocycles. The van der Waals surface area contributed by atoms with E-state index in [2.05, 4.69) is 15.3 Å². The Bertz CT molecular complexity index is 945. The Labute approximate surface area is 160 Å². The van der Waals surface area contributed by atoms with E-state index in [0.717, 1.165) is 21.0 Å². The van der Waals surface area contributed by atoms with Gasteiger partial charge in [0.1, 0.15) is 12.4 Å². The van der Waals surface area contributed by atoms with Crippen LogP contribution in [0.4, 0.5) is 26.3 Å². The molecule has 158 valence electrons. The molecule has 0 fully saturated rings. The van der Waals surface area contributed by atoms with Crippen LogP contribution in [0.15, 0.2) is 42.9 Å². The minimum absolute atomic E-state index is 0.278. The van der Waals surface area contributed by atoms with Crippen LogP contribution in [0, 0.1) is 0 Å². The van der Waals surface area contributed by atoms with Crippen LogP contribution in [-0.4, -0.2) is 38.0 Å². The van der Waals surface area contributed by atoms with Crippen LogP contribution in [0.5, 0.6) is 0 Å². The summed E-state index contributed by atoms with van der Waals surface area (Å²) in [4.78, 5) is 16.0. The zero-order valence-corrected chi connectivity index (χ0v) is 14.7. The molecule has 0 amide bonds. The molecule has 3 rings (SSSR count). The minimum Gasteiger partial charge on any atom is -0.475 e. The number of aromatic nitrogens is 3. The van der Waals surface area contributed by atoms with Crippen molar-refractivity contribution < 1.29 is 36.2 Å². The standard InChI is InChI=1S/C15H15F3N4.C2HF3O2/c16-15(17,18)10-22-7-6-20-13(22)9-19-8-12-3-1-2-11-4-5-21-14(11)12;3-2(4,5)1(6)7/h1-7,19,21H,8-10H2;(H,6,7). The lowest BCUT2D eigenvalue weighted by molar-refractivity contribution is -0.192. The summed E-state index contributed by atoms with van der Waals surface area (Å²) in [5.41, 5.74) is 2.10. The molecule has 0 unspecified atom stereocenters. The van der Waals surface area contributed by atoms with Gasteiger partial charge in [0, 0.05) is 30.7 Å². The number of carbonyl (C=O) groups is 1. The molecule has 2 aromatic heterocycles. The average Bonchev–Trinajstić information content (AvgIpc) is 3.23. The molecule has 0 saturated carbocycles. The second-order valence-corrected chi connectivity index (χ2v) is 5.85. The number of carboxylic acid groups (broad SMARTS) is 1. The maximum Gasteiger partial charge on any atom is 0.490 e. The maximum absolute atomic E-state index is 12.5. The van der Waals surface area contributed by atoms with E-state index < -0.39 is 24.9 Å². The largest absolute Gasteiger partial charge is 0.490 e. The maximum atomic E-state index is 12.5. The second kappa shape index (κ2) is 8.99. The summed E-state index contributed by atoms with van der Waals surface area (Å²) in [7, 11) is 0. The molecule has 3 N–H and O–H groups in total. The summed E-state index contributed by atoms with van der Waals surface area (Å²) in [5, 5.41) is 11.4. The second-order valence-electron chi connectivity index (χ2n) is 5.85. The SMILES string of the molecule is FC(F)(F)Cn1ccnc1CNCc1cccc2cc[nH]c12.O=C(O)C(F)(F)F. The van der Waals surface area contributed by atoms with Crippen LogP contribution < -0.4 is 5.32 Å². The van der Waals surface area contributed by atoms with Crippen LogP contribution in [-0.2, 0) is 24.4 Å². The van der Waals surface area contributed by atoms with Gasteiger partial charge >= 0.3 is 18.3 Å². The van der Waals surface area contributed by atoms with Gasteiger partial charge in [0.2, 0.25) is 0 Å². The van der Waals surface area contributed by atoms with Crippen molar-refractivity contribution in [2.24, 2.45) is 0 Å². The molecule has 0 bridgehead atoms. The highest BCUT2D eigenvalue weighted by Gasteiger charge is 2.38. The van der Waals surface area contributed by atoms with Crippen molar-refractivity contribution >= 4 is 16.9 Å². The Hall–Kier alpha value is -3.02. The van der Waals surface area contributed by atoms with Crippen molar-refractivity contribution in [1.29, 1.82) is 0 Å². The Morgan fingerprint density at radius 1 is 1.14 bits per heavy atom. The fourth-order valence-electron chi connectivity index (χ4n) is 2.45. The van der Waals surface area contributed by atoms with E-state index in [-0.39, 0.29) is 6.54 Å². The normalized spacial score (nSPS) is 11.9. The number of H-pyrrole nitrogens is 1. The van der Waals surface area contributed by atoms with Gasteiger partial charge in [-0.15, -0.1) is 0 Å². The Morgan fingerprint density at radius 3 is 2.45 bits per heavy atom. The van der Waals surface area contributed by atoms with Gasteiger partial charge in [-0.05, 0) is 17.0 Å². The third kappa shape index (κ3) is 6.82. The number of halogens is 6. The fraction of sp³-hybridized carbons (Fsp3) is 0.294. The number of hydrogen-bond acceptors (Lipinski definition) is 3. The predicted octanol–water partition coefficient (Wildman–Crippen LogP) is 3.85. The number of nitrogens with one attached hydrogen (secondary N) is 2. The van der Waals surface area contributed by atoms with Gasteiger partial charge in [-0.2, -0.15) is 26.3 Å². The lowest BCUT2D eigenvalue weighted by atomic mass is 10.1. The third-order valence-corrected chi connectivity index (χ3v) is 3.67. The zero-order valence-electron chi connectivity index (χ0n) is 14.7. The number of aromatic amines is 1. The monoisotopic (exact) mass is 422 g/mol. The van der Waals surface area contributed by atoms with Crippen LogP contribution in [0.2, 0.25) is 0 Å². The summed E-state index contributed by atoms with van der Waals surface area (Å²) in [6.45, 7) is -0.187. The highest BCUT2D eigenvalue weighted by atomic mass is 19.4. The molecule has 2 heterocycles. The number of benzene rings is 1. The lowest BCUT2D eigenvalue weighted by Gasteiger charge is -2.11. The third-order valence-electron chi connectivity index (χ3n) is 3.67. The minimum atomic E-state index is -5.08. The highest BCUT2D eigenvalue weighted by Crippen LogP contribution is 2.19. The van der Waals surface area contributed by atoms with Crippen molar-refractivity contribution in [2.45, 2.75) is 32.0 Å². The van der Waals surface area contributed by atoms with Crippen molar-refractivity contribution in [3.63, 3.8) is 0 Å². The van der Waals surface area contributed by atoms with Crippen LogP contribution in [0.3, 0.4) is 0 Å². The number of hydrogen-bond donors (Lipinski definition) is 3. The first-order valence-corrected chi connectivity index (χ1v) is 8.10. The van der Waals surface area contributed by atoms with E-state index in [1.165, 1.54) is 12.4 Å². The topological polar surface area (TPSA) is 82.9 Å². The Balaban J connectivity index is 0.000000370. The molecule has 0 aliphatic rings. The molecule has 0 atom stereocenters. The van der Waals surface area contributed by atoms with Gasteiger partial charge in [0.25, 0.3) is 0 Å². The number of aliphatic carboxylic acids is 1.